The molecule has 88 valence electrons. The number of pyridine rings is 2. The highest BCUT2D eigenvalue weighted by molar-refractivity contribution is 5.81. The van der Waals surface area contributed by atoms with Crippen LogP contribution >= 0.6 is 0 Å². The van der Waals surface area contributed by atoms with Crippen LogP contribution in [0.1, 0.15) is 5.69 Å². The highest BCUT2D eigenvalue weighted by Crippen LogP contribution is 2.21. The lowest BCUT2D eigenvalue weighted by molar-refractivity contribution is 1.14. The van der Waals surface area contributed by atoms with Crippen LogP contribution < -0.4 is 5.56 Å². The van der Waals surface area contributed by atoms with Gasteiger partial charge in [-0.3, -0.25) is 4.79 Å². The second kappa shape index (κ2) is 4.11. The topological polar surface area (TPSA) is 45.8 Å². The highest BCUT2D eigenvalue weighted by Gasteiger charge is 2.04. The number of benzene rings is 1. The van der Waals surface area contributed by atoms with Crippen LogP contribution in [0.3, 0.4) is 0 Å². The van der Waals surface area contributed by atoms with Crippen LogP contribution in [0.5, 0.6) is 0 Å². The highest BCUT2D eigenvalue weighted by atomic mass is 16.1. The number of nitrogens with zero attached hydrogens (tertiary/aromatic N) is 1. The summed E-state index contributed by atoms with van der Waals surface area (Å²) in [6.45, 7) is 1.88. The van der Waals surface area contributed by atoms with E-state index < -0.39 is 0 Å². The molecule has 0 fully saturated rings. The number of hydrogen-bond donors (Lipinski definition) is 1. The van der Waals surface area contributed by atoms with Crippen LogP contribution in [0.25, 0.3) is 22.2 Å². The number of H-pyrrole nitrogens is 1. The summed E-state index contributed by atoms with van der Waals surface area (Å²) in [5, 5.41) is 1.11. The van der Waals surface area contributed by atoms with Gasteiger partial charge in [0, 0.05) is 22.7 Å². The van der Waals surface area contributed by atoms with Gasteiger partial charge in [-0.1, -0.05) is 24.3 Å². The number of para-hydroxylation sites is 1. The van der Waals surface area contributed by atoms with E-state index in [1.165, 1.54) is 6.07 Å². The zero-order valence-electron chi connectivity index (χ0n) is 9.97. The molecule has 0 bridgehead atoms. The van der Waals surface area contributed by atoms with Gasteiger partial charge in [0.2, 0.25) is 5.56 Å². The second-order valence-corrected chi connectivity index (χ2v) is 4.25. The van der Waals surface area contributed by atoms with Crippen molar-refractivity contribution in [3.63, 3.8) is 0 Å². The number of aryl methyl sites for hydroxylation is 1. The standard InChI is InChI=1S/C15H12N2O/c1-10-12(7-9-15(18)16-10)14-8-6-11-4-2-3-5-13(11)17-14/h2-9H,1H3,(H,16,18). The Morgan fingerprint density at radius 3 is 2.67 bits per heavy atom. The third kappa shape index (κ3) is 1.80. The van der Waals surface area contributed by atoms with Crippen molar-refractivity contribution in [1.82, 2.24) is 9.97 Å². The van der Waals surface area contributed by atoms with Crippen molar-refractivity contribution in [2.75, 3.05) is 0 Å². The summed E-state index contributed by atoms with van der Waals surface area (Å²) in [7, 11) is 0. The predicted molar refractivity (Wildman–Crippen MR) is 72.5 cm³/mol. The Bertz CT molecular complexity index is 775. The molecule has 18 heavy (non-hydrogen) atoms. The molecular formula is C15H12N2O. The average Bonchev–Trinajstić information content (AvgIpc) is 2.38. The molecule has 1 aromatic carbocycles. The number of fused-ring (bicyclic) bond motifs is 1. The molecule has 0 saturated heterocycles. The lowest BCUT2D eigenvalue weighted by atomic mass is 10.1. The molecule has 0 aliphatic rings. The normalized spacial score (nSPS) is 10.7. The minimum absolute atomic E-state index is 0.0861. The average molecular weight is 236 g/mol. The molecule has 2 heterocycles. The molecule has 0 spiro atoms. The molecule has 3 rings (SSSR count). The maximum absolute atomic E-state index is 11.2. The van der Waals surface area contributed by atoms with Gasteiger partial charge in [0.15, 0.2) is 0 Å². The summed E-state index contributed by atoms with van der Waals surface area (Å²) in [5.74, 6) is 0. The quantitative estimate of drug-likeness (QED) is 0.706. The fourth-order valence-electron chi connectivity index (χ4n) is 2.07. The van der Waals surface area contributed by atoms with Gasteiger partial charge in [0.1, 0.15) is 0 Å². The van der Waals surface area contributed by atoms with Crippen molar-refractivity contribution in [3.8, 4) is 11.3 Å². The molecule has 3 aromatic rings. The second-order valence-electron chi connectivity index (χ2n) is 4.25. The first-order chi connectivity index (χ1) is 8.74. The molecule has 1 N–H and O–H groups in total. The summed E-state index contributed by atoms with van der Waals surface area (Å²) in [5.41, 5.74) is 3.55. The summed E-state index contributed by atoms with van der Waals surface area (Å²) in [6, 6.07) is 15.3. The number of hydrogen-bond acceptors (Lipinski definition) is 2. The number of nitrogens with one attached hydrogen (secondary N) is 1. The van der Waals surface area contributed by atoms with E-state index in [0.29, 0.717) is 0 Å². The summed E-state index contributed by atoms with van der Waals surface area (Å²) >= 11 is 0. The van der Waals surface area contributed by atoms with Gasteiger partial charge < -0.3 is 4.98 Å². The molecule has 3 heteroatoms. The van der Waals surface area contributed by atoms with E-state index in [-0.39, 0.29) is 5.56 Å². The van der Waals surface area contributed by atoms with Gasteiger partial charge in [-0.15, -0.1) is 0 Å². The Morgan fingerprint density at radius 1 is 1.00 bits per heavy atom. The number of aromatic amines is 1. The fourth-order valence-corrected chi connectivity index (χ4v) is 2.07. The lowest BCUT2D eigenvalue weighted by Crippen LogP contribution is -2.06. The Morgan fingerprint density at radius 2 is 1.83 bits per heavy atom. The Balaban J connectivity index is 2.22. The monoisotopic (exact) mass is 236 g/mol. The molecule has 0 atom stereocenters. The molecule has 0 aliphatic heterocycles. The van der Waals surface area contributed by atoms with Gasteiger partial charge in [-0.2, -0.15) is 0 Å². The minimum Gasteiger partial charge on any atom is -0.326 e. The van der Waals surface area contributed by atoms with Gasteiger partial charge in [0.25, 0.3) is 0 Å². The molecule has 0 radical (unpaired) electrons. The Hall–Kier alpha value is -2.42. The van der Waals surface area contributed by atoms with Crippen LogP contribution in [0.4, 0.5) is 0 Å². The number of rotatable bonds is 1. The van der Waals surface area contributed by atoms with E-state index in [2.05, 4.69) is 9.97 Å². The van der Waals surface area contributed by atoms with Gasteiger partial charge >= 0.3 is 0 Å². The smallest absolute Gasteiger partial charge is 0.248 e. The van der Waals surface area contributed by atoms with Crippen molar-refractivity contribution >= 4 is 10.9 Å². The van der Waals surface area contributed by atoms with Gasteiger partial charge in [0.05, 0.1) is 11.2 Å². The summed E-state index contributed by atoms with van der Waals surface area (Å²) < 4.78 is 0. The van der Waals surface area contributed by atoms with Crippen molar-refractivity contribution < 1.29 is 0 Å². The van der Waals surface area contributed by atoms with E-state index in [1.807, 2.05) is 49.4 Å². The van der Waals surface area contributed by atoms with Crippen LogP contribution in [0.2, 0.25) is 0 Å². The maximum Gasteiger partial charge on any atom is 0.248 e. The van der Waals surface area contributed by atoms with Crippen molar-refractivity contribution in [2.24, 2.45) is 0 Å². The van der Waals surface area contributed by atoms with Crippen LogP contribution in [-0.2, 0) is 0 Å². The molecule has 0 amide bonds. The predicted octanol–water partition coefficient (Wildman–Crippen LogP) is 2.90. The lowest BCUT2D eigenvalue weighted by Gasteiger charge is -2.05. The van der Waals surface area contributed by atoms with Gasteiger partial charge in [-0.05, 0) is 25.1 Å². The first-order valence-corrected chi connectivity index (χ1v) is 5.80. The van der Waals surface area contributed by atoms with Gasteiger partial charge in [-0.25, -0.2) is 4.98 Å². The van der Waals surface area contributed by atoms with E-state index in [9.17, 15) is 4.79 Å². The summed E-state index contributed by atoms with van der Waals surface area (Å²) in [4.78, 5) is 18.6. The Kier molecular flexibility index (Phi) is 2.45. The van der Waals surface area contributed by atoms with E-state index in [4.69, 9.17) is 0 Å². The zero-order chi connectivity index (χ0) is 12.5. The zero-order valence-corrected chi connectivity index (χ0v) is 9.97. The van der Waals surface area contributed by atoms with Crippen LogP contribution in [-0.4, -0.2) is 9.97 Å². The molecule has 0 unspecified atom stereocenters. The first-order valence-electron chi connectivity index (χ1n) is 5.80. The van der Waals surface area contributed by atoms with E-state index >= 15 is 0 Å². The van der Waals surface area contributed by atoms with Crippen molar-refractivity contribution in [1.29, 1.82) is 0 Å². The maximum atomic E-state index is 11.2. The third-order valence-electron chi connectivity index (χ3n) is 2.99. The van der Waals surface area contributed by atoms with Crippen molar-refractivity contribution in [3.05, 3.63) is 64.6 Å². The molecule has 0 saturated carbocycles. The Labute approximate surface area is 104 Å². The largest absolute Gasteiger partial charge is 0.326 e. The number of aromatic nitrogens is 2. The van der Waals surface area contributed by atoms with Crippen molar-refractivity contribution in [2.45, 2.75) is 6.92 Å². The SMILES string of the molecule is Cc1[nH]c(=O)ccc1-c1ccc2ccccc2n1. The van der Waals surface area contributed by atoms with E-state index in [0.717, 1.165) is 27.9 Å². The molecule has 0 aliphatic carbocycles. The third-order valence-corrected chi connectivity index (χ3v) is 2.99. The summed E-state index contributed by atoms with van der Waals surface area (Å²) in [6.07, 6.45) is 0. The minimum atomic E-state index is -0.0861. The molecule has 3 nitrogen and oxygen atoms in total. The molecule has 2 aromatic heterocycles. The van der Waals surface area contributed by atoms with E-state index in [1.54, 1.807) is 0 Å². The fraction of sp³-hybridized carbons (Fsp3) is 0.0667. The van der Waals surface area contributed by atoms with Crippen LogP contribution in [0, 0.1) is 6.92 Å². The van der Waals surface area contributed by atoms with Crippen LogP contribution in [0.15, 0.2) is 53.3 Å². The molecular weight excluding hydrogens is 224 g/mol. The first kappa shape index (κ1) is 10.7.